The number of sulfonamides is 1. The third-order valence-corrected chi connectivity index (χ3v) is 4.70. The van der Waals surface area contributed by atoms with Crippen molar-refractivity contribution < 1.29 is 17.2 Å². The number of nitrogens with one attached hydrogen (secondary N) is 1. The molecule has 1 aromatic heterocycles. The summed E-state index contributed by atoms with van der Waals surface area (Å²) < 4.78 is 54.4. The molecule has 0 saturated heterocycles. The van der Waals surface area contributed by atoms with Crippen LogP contribution in [0.25, 0.3) is 0 Å². The van der Waals surface area contributed by atoms with E-state index in [1.165, 1.54) is 25.3 Å². The second-order valence-electron chi connectivity index (χ2n) is 4.32. The van der Waals surface area contributed by atoms with E-state index in [4.69, 9.17) is 0 Å². The van der Waals surface area contributed by atoms with Crippen molar-refractivity contribution in [1.82, 2.24) is 9.71 Å². The normalized spacial score (nSPS) is 13.1. The molecule has 1 unspecified atom stereocenters. The van der Waals surface area contributed by atoms with Crippen molar-refractivity contribution in [2.24, 2.45) is 0 Å². The summed E-state index contributed by atoms with van der Waals surface area (Å²) >= 11 is 3.11. The van der Waals surface area contributed by atoms with Gasteiger partial charge in [0, 0.05) is 28.5 Å². The fourth-order valence-electron chi connectivity index (χ4n) is 1.82. The molecule has 0 radical (unpaired) electrons. The van der Waals surface area contributed by atoms with E-state index in [0.29, 0.717) is 4.47 Å². The zero-order valence-corrected chi connectivity index (χ0v) is 13.2. The lowest BCUT2D eigenvalue weighted by Gasteiger charge is -2.16. The molecule has 2 rings (SSSR count). The predicted molar refractivity (Wildman–Crippen MR) is 77.0 cm³/mol. The van der Waals surface area contributed by atoms with Crippen LogP contribution in [-0.2, 0) is 10.0 Å². The number of benzene rings is 1. The van der Waals surface area contributed by atoms with Crippen molar-refractivity contribution in [3.05, 3.63) is 58.3 Å². The van der Waals surface area contributed by atoms with Crippen molar-refractivity contribution in [1.29, 1.82) is 0 Å². The van der Waals surface area contributed by atoms with Crippen LogP contribution in [-0.4, -0.2) is 13.4 Å². The van der Waals surface area contributed by atoms with Crippen LogP contribution in [0, 0.1) is 11.6 Å². The molecule has 1 N–H and O–H groups in total. The highest BCUT2D eigenvalue weighted by molar-refractivity contribution is 9.10. The molecular formula is C13H11BrF2N2O2S. The number of pyridine rings is 1. The Balaban J connectivity index is 2.33. The Labute approximate surface area is 129 Å². The van der Waals surface area contributed by atoms with Gasteiger partial charge in [0.25, 0.3) is 0 Å². The quantitative estimate of drug-likeness (QED) is 0.891. The Kier molecular flexibility index (Phi) is 4.70. The lowest BCUT2D eigenvalue weighted by Crippen LogP contribution is -2.28. The van der Waals surface area contributed by atoms with Crippen LogP contribution >= 0.6 is 15.9 Å². The first-order valence-electron chi connectivity index (χ1n) is 5.88. The largest absolute Gasteiger partial charge is 0.262 e. The Morgan fingerprint density at radius 2 is 1.86 bits per heavy atom. The standard InChI is InChI=1S/C13H11BrF2N2O2S/c1-8(13-11(15)3-2-4-12(13)16)18-21(19,20)10-5-9(14)6-17-7-10/h2-8,18H,1H3. The van der Waals surface area contributed by atoms with Crippen LogP contribution in [0.4, 0.5) is 8.78 Å². The highest BCUT2D eigenvalue weighted by atomic mass is 79.9. The molecule has 112 valence electrons. The summed E-state index contributed by atoms with van der Waals surface area (Å²) in [5.74, 6) is -1.62. The lowest BCUT2D eigenvalue weighted by molar-refractivity contribution is 0.514. The zero-order chi connectivity index (χ0) is 15.6. The van der Waals surface area contributed by atoms with Gasteiger partial charge in [0.05, 0.1) is 0 Å². The van der Waals surface area contributed by atoms with E-state index in [2.05, 4.69) is 25.6 Å². The smallest absolute Gasteiger partial charge is 0.242 e. The fraction of sp³-hybridized carbons (Fsp3) is 0.154. The minimum Gasteiger partial charge on any atom is -0.262 e. The van der Waals surface area contributed by atoms with Gasteiger partial charge in [0.15, 0.2) is 0 Å². The molecule has 8 heteroatoms. The van der Waals surface area contributed by atoms with Gasteiger partial charge in [-0.2, -0.15) is 0 Å². The first-order chi connectivity index (χ1) is 9.81. The second kappa shape index (κ2) is 6.17. The molecule has 4 nitrogen and oxygen atoms in total. The van der Waals surface area contributed by atoms with Crippen LogP contribution in [0.15, 0.2) is 46.0 Å². The van der Waals surface area contributed by atoms with Gasteiger partial charge < -0.3 is 0 Å². The molecule has 21 heavy (non-hydrogen) atoms. The topological polar surface area (TPSA) is 59.1 Å². The van der Waals surface area contributed by atoms with Gasteiger partial charge in [-0.05, 0) is 41.1 Å². The molecule has 2 aromatic rings. The van der Waals surface area contributed by atoms with Gasteiger partial charge in [-0.15, -0.1) is 0 Å². The van der Waals surface area contributed by atoms with E-state index < -0.39 is 27.7 Å². The van der Waals surface area contributed by atoms with Crippen LogP contribution in [0.2, 0.25) is 0 Å². The van der Waals surface area contributed by atoms with Gasteiger partial charge in [-0.25, -0.2) is 21.9 Å². The van der Waals surface area contributed by atoms with E-state index in [1.54, 1.807) is 0 Å². The number of halogens is 3. The van der Waals surface area contributed by atoms with E-state index in [9.17, 15) is 17.2 Å². The number of rotatable bonds is 4. The van der Waals surface area contributed by atoms with Crippen molar-refractivity contribution in [2.75, 3.05) is 0 Å². The van der Waals surface area contributed by atoms with E-state index in [0.717, 1.165) is 18.3 Å². The first-order valence-corrected chi connectivity index (χ1v) is 8.15. The number of aromatic nitrogens is 1. The fourth-order valence-corrected chi connectivity index (χ4v) is 3.54. The molecule has 0 fully saturated rings. The van der Waals surface area contributed by atoms with Crippen LogP contribution < -0.4 is 4.72 Å². The van der Waals surface area contributed by atoms with Crippen LogP contribution in [0.3, 0.4) is 0 Å². The molecule has 0 amide bonds. The third kappa shape index (κ3) is 3.63. The molecular weight excluding hydrogens is 366 g/mol. The van der Waals surface area contributed by atoms with Crippen LogP contribution in [0.1, 0.15) is 18.5 Å². The summed E-state index contributed by atoms with van der Waals surface area (Å²) in [7, 11) is -3.94. The summed E-state index contributed by atoms with van der Waals surface area (Å²) in [4.78, 5) is 3.65. The van der Waals surface area contributed by atoms with Crippen molar-refractivity contribution in [2.45, 2.75) is 17.9 Å². The Hall–Kier alpha value is -1.38. The predicted octanol–water partition coefficient (Wildman–Crippen LogP) is 3.16. The van der Waals surface area contributed by atoms with E-state index in [1.807, 2.05) is 0 Å². The van der Waals surface area contributed by atoms with Gasteiger partial charge >= 0.3 is 0 Å². The summed E-state index contributed by atoms with van der Waals surface area (Å²) in [6.07, 6.45) is 2.58. The molecule has 0 aliphatic carbocycles. The Bertz CT molecular complexity index is 748. The average molecular weight is 377 g/mol. The van der Waals surface area contributed by atoms with Crippen molar-refractivity contribution in [3.63, 3.8) is 0 Å². The van der Waals surface area contributed by atoms with Gasteiger partial charge in [0.1, 0.15) is 16.5 Å². The van der Waals surface area contributed by atoms with E-state index >= 15 is 0 Å². The van der Waals surface area contributed by atoms with Crippen molar-refractivity contribution in [3.8, 4) is 0 Å². The van der Waals surface area contributed by atoms with E-state index in [-0.39, 0.29) is 10.5 Å². The molecule has 0 aliphatic rings. The van der Waals surface area contributed by atoms with Crippen LogP contribution in [0.5, 0.6) is 0 Å². The maximum atomic E-state index is 13.6. The SMILES string of the molecule is CC(NS(=O)(=O)c1cncc(Br)c1)c1c(F)cccc1F. The zero-order valence-electron chi connectivity index (χ0n) is 10.8. The van der Waals surface area contributed by atoms with Crippen molar-refractivity contribution >= 4 is 26.0 Å². The summed E-state index contributed by atoms with van der Waals surface area (Å²) in [6.45, 7) is 1.37. The molecule has 0 saturated carbocycles. The lowest BCUT2D eigenvalue weighted by atomic mass is 10.1. The molecule has 1 heterocycles. The monoisotopic (exact) mass is 376 g/mol. The minimum absolute atomic E-state index is 0.0968. The average Bonchev–Trinajstić information content (AvgIpc) is 2.37. The minimum atomic E-state index is -3.94. The van der Waals surface area contributed by atoms with Gasteiger partial charge in [-0.1, -0.05) is 6.07 Å². The Morgan fingerprint density at radius 1 is 1.24 bits per heavy atom. The summed E-state index contributed by atoms with van der Waals surface area (Å²) in [5.41, 5.74) is -0.330. The molecule has 0 bridgehead atoms. The molecule has 0 aliphatic heterocycles. The van der Waals surface area contributed by atoms with Gasteiger partial charge in [0.2, 0.25) is 10.0 Å². The Morgan fingerprint density at radius 3 is 2.43 bits per heavy atom. The number of hydrogen-bond acceptors (Lipinski definition) is 3. The molecule has 0 spiro atoms. The summed E-state index contributed by atoms with van der Waals surface area (Å²) in [5, 5.41) is 0. The second-order valence-corrected chi connectivity index (χ2v) is 6.95. The maximum Gasteiger partial charge on any atom is 0.242 e. The van der Waals surface area contributed by atoms with Gasteiger partial charge in [-0.3, -0.25) is 4.98 Å². The maximum absolute atomic E-state index is 13.6. The summed E-state index contributed by atoms with van der Waals surface area (Å²) in [6, 6.07) is 3.65. The highest BCUT2D eigenvalue weighted by Crippen LogP contribution is 2.23. The number of hydrogen-bond donors (Lipinski definition) is 1. The molecule has 1 aromatic carbocycles. The first kappa shape index (κ1) is 16.0. The highest BCUT2D eigenvalue weighted by Gasteiger charge is 2.23. The third-order valence-electron chi connectivity index (χ3n) is 2.75. The number of nitrogens with zero attached hydrogens (tertiary/aromatic N) is 1. The molecule has 1 atom stereocenters.